The highest BCUT2D eigenvalue weighted by molar-refractivity contribution is 7.09. The van der Waals surface area contributed by atoms with E-state index >= 15 is 0 Å². The minimum atomic E-state index is -1.16. The average molecular weight is 457 g/mol. The highest BCUT2D eigenvalue weighted by Crippen LogP contribution is 2.13. The second-order valence-corrected chi connectivity index (χ2v) is 8.93. The van der Waals surface area contributed by atoms with Gasteiger partial charge in [0.15, 0.2) is 0 Å². The molecule has 2 rings (SSSR count). The molecule has 176 valence electrons. The second kappa shape index (κ2) is 13.8. The molecule has 0 aliphatic carbocycles. The van der Waals surface area contributed by atoms with Crippen molar-refractivity contribution in [3.63, 3.8) is 0 Å². The van der Waals surface area contributed by atoms with Gasteiger partial charge in [0.05, 0.1) is 6.61 Å². The van der Waals surface area contributed by atoms with Crippen molar-refractivity contribution in [2.75, 3.05) is 46.5 Å². The summed E-state index contributed by atoms with van der Waals surface area (Å²) >= 11 is 1.66. The lowest BCUT2D eigenvalue weighted by atomic mass is 10.1. The standard InChI is InChI=1S/C22H36N2O6S/c1-17(25)24-12-6-11-23(21(27)9-8-18-7-5-14-31-18)10-3-4-13-30-16-19(26)22(28)20(15-24)29-2/h5,7,14,19-20,22,26,28H,3-4,6,8-13,15-16H2,1-2H3/t19-,20-,22-/m0/s1. The molecule has 1 aromatic rings. The smallest absolute Gasteiger partial charge is 0.222 e. The lowest BCUT2D eigenvalue weighted by Gasteiger charge is -2.31. The van der Waals surface area contributed by atoms with Gasteiger partial charge in [0.2, 0.25) is 11.8 Å². The molecule has 8 nitrogen and oxygen atoms in total. The summed E-state index contributed by atoms with van der Waals surface area (Å²) in [5.41, 5.74) is 0. The van der Waals surface area contributed by atoms with Crippen LogP contribution in [0.25, 0.3) is 0 Å². The number of aryl methyl sites for hydroxylation is 1. The Morgan fingerprint density at radius 2 is 1.94 bits per heavy atom. The van der Waals surface area contributed by atoms with Crippen LogP contribution >= 0.6 is 11.3 Å². The number of carbonyl (C=O) groups excluding carboxylic acids is 2. The van der Waals surface area contributed by atoms with Crippen molar-refractivity contribution in [2.45, 2.75) is 57.3 Å². The zero-order chi connectivity index (χ0) is 22.6. The third-order valence-corrected chi connectivity index (χ3v) is 6.49. The first kappa shape index (κ1) is 25.7. The van der Waals surface area contributed by atoms with Gasteiger partial charge in [-0.25, -0.2) is 0 Å². The van der Waals surface area contributed by atoms with Crippen LogP contribution in [0.4, 0.5) is 0 Å². The van der Waals surface area contributed by atoms with Crippen LogP contribution in [0, 0.1) is 0 Å². The van der Waals surface area contributed by atoms with Crippen LogP contribution in [-0.2, 0) is 25.5 Å². The molecule has 2 heterocycles. The fraction of sp³-hybridized carbons (Fsp3) is 0.727. The fourth-order valence-corrected chi connectivity index (χ4v) is 4.34. The van der Waals surface area contributed by atoms with E-state index in [9.17, 15) is 19.8 Å². The molecule has 1 aliphatic heterocycles. The molecule has 31 heavy (non-hydrogen) atoms. The summed E-state index contributed by atoms with van der Waals surface area (Å²) in [4.78, 5) is 29.6. The molecular formula is C22H36N2O6S. The van der Waals surface area contributed by atoms with Crippen LogP contribution in [0.3, 0.4) is 0 Å². The van der Waals surface area contributed by atoms with Crippen molar-refractivity contribution in [1.82, 2.24) is 9.80 Å². The number of rotatable bonds is 4. The van der Waals surface area contributed by atoms with E-state index in [0.29, 0.717) is 39.1 Å². The number of carbonyl (C=O) groups is 2. The molecule has 1 saturated heterocycles. The Morgan fingerprint density at radius 1 is 1.19 bits per heavy atom. The van der Waals surface area contributed by atoms with E-state index in [1.165, 1.54) is 18.9 Å². The van der Waals surface area contributed by atoms with Gasteiger partial charge in [-0.05, 0) is 37.1 Å². The number of aliphatic hydroxyl groups is 2. The topological polar surface area (TPSA) is 99.5 Å². The Labute approximate surface area is 188 Å². The van der Waals surface area contributed by atoms with Gasteiger partial charge >= 0.3 is 0 Å². The van der Waals surface area contributed by atoms with Gasteiger partial charge in [0.1, 0.15) is 18.3 Å². The summed E-state index contributed by atoms with van der Waals surface area (Å²) in [6.07, 6.45) is 0.405. The number of aliphatic hydroxyl groups excluding tert-OH is 2. The second-order valence-electron chi connectivity index (χ2n) is 7.89. The quantitative estimate of drug-likeness (QED) is 0.709. The van der Waals surface area contributed by atoms with Crippen LogP contribution in [0.2, 0.25) is 0 Å². The molecule has 3 atom stereocenters. The van der Waals surface area contributed by atoms with E-state index in [1.807, 2.05) is 22.4 Å². The number of thiophene rings is 1. The van der Waals surface area contributed by atoms with Gasteiger partial charge < -0.3 is 29.5 Å². The largest absolute Gasteiger partial charge is 0.388 e. The summed E-state index contributed by atoms with van der Waals surface area (Å²) in [6, 6.07) is 4.03. The first-order valence-electron chi connectivity index (χ1n) is 10.9. The lowest BCUT2D eigenvalue weighted by molar-refractivity contribution is -0.136. The molecule has 1 fully saturated rings. The van der Waals surface area contributed by atoms with Crippen molar-refractivity contribution in [2.24, 2.45) is 0 Å². The number of hydrogen-bond donors (Lipinski definition) is 2. The molecule has 0 saturated carbocycles. The third-order valence-electron chi connectivity index (χ3n) is 5.55. The Bertz CT molecular complexity index is 656. The van der Waals surface area contributed by atoms with E-state index in [4.69, 9.17) is 9.47 Å². The number of hydrogen-bond acceptors (Lipinski definition) is 7. The molecular weight excluding hydrogens is 420 g/mol. The van der Waals surface area contributed by atoms with Crippen LogP contribution < -0.4 is 0 Å². The van der Waals surface area contributed by atoms with Crippen LogP contribution in [0.1, 0.15) is 37.5 Å². The normalized spacial score (nSPS) is 25.0. The summed E-state index contributed by atoms with van der Waals surface area (Å²) in [5.74, 6) is -0.0199. The van der Waals surface area contributed by atoms with Gasteiger partial charge in [0, 0.05) is 58.1 Å². The molecule has 0 radical (unpaired) electrons. The van der Waals surface area contributed by atoms with Gasteiger partial charge in [-0.3, -0.25) is 9.59 Å². The summed E-state index contributed by atoms with van der Waals surface area (Å²) in [6.45, 7) is 3.72. The number of methoxy groups -OCH3 is 1. The zero-order valence-corrected chi connectivity index (χ0v) is 19.4. The van der Waals surface area contributed by atoms with Gasteiger partial charge in [-0.1, -0.05) is 6.07 Å². The van der Waals surface area contributed by atoms with Crippen molar-refractivity contribution in [1.29, 1.82) is 0 Å². The Hall–Kier alpha value is -1.52. The van der Waals surface area contributed by atoms with E-state index in [-0.39, 0.29) is 25.0 Å². The van der Waals surface area contributed by atoms with Crippen molar-refractivity contribution < 1.29 is 29.3 Å². The van der Waals surface area contributed by atoms with Crippen molar-refractivity contribution >= 4 is 23.2 Å². The van der Waals surface area contributed by atoms with Crippen molar-refractivity contribution in [3.8, 4) is 0 Å². The maximum absolute atomic E-state index is 12.8. The minimum absolute atomic E-state index is 0.00937. The highest BCUT2D eigenvalue weighted by Gasteiger charge is 2.29. The monoisotopic (exact) mass is 456 g/mol. The predicted molar refractivity (Wildman–Crippen MR) is 119 cm³/mol. The molecule has 2 amide bonds. The first-order chi connectivity index (χ1) is 14.9. The van der Waals surface area contributed by atoms with Crippen LogP contribution in [0.15, 0.2) is 17.5 Å². The molecule has 9 heteroatoms. The highest BCUT2D eigenvalue weighted by atomic mass is 32.1. The molecule has 1 aromatic heterocycles. The number of amides is 2. The predicted octanol–water partition coefficient (Wildman–Crippen LogP) is 1.30. The van der Waals surface area contributed by atoms with Crippen molar-refractivity contribution in [3.05, 3.63) is 22.4 Å². The molecule has 1 aliphatic rings. The van der Waals surface area contributed by atoms with Crippen LogP contribution in [0.5, 0.6) is 0 Å². The van der Waals surface area contributed by atoms with E-state index in [0.717, 1.165) is 19.3 Å². The minimum Gasteiger partial charge on any atom is -0.388 e. The van der Waals surface area contributed by atoms with E-state index < -0.39 is 18.3 Å². The lowest BCUT2D eigenvalue weighted by Crippen LogP contribution is -2.48. The summed E-state index contributed by atoms with van der Waals surface area (Å²) in [7, 11) is 1.45. The SMILES string of the molecule is CO[C@H]1CN(C(C)=O)CCCN(C(=O)CCc2cccs2)CCCCOC[C@H](O)[C@@H]1O. The molecule has 0 bridgehead atoms. The third kappa shape index (κ3) is 8.86. The van der Waals surface area contributed by atoms with E-state index in [2.05, 4.69) is 0 Å². The summed E-state index contributed by atoms with van der Waals surface area (Å²) in [5, 5.41) is 22.6. The number of nitrogens with zero attached hydrogens (tertiary/aromatic N) is 2. The fourth-order valence-electron chi connectivity index (χ4n) is 3.63. The maximum atomic E-state index is 12.8. The molecule has 0 spiro atoms. The number of ether oxygens (including phenoxy) is 2. The molecule has 0 unspecified atom stereocenters. The Balaban J connectivity index is 2.01. The maximum Gasteiger partial charge on any atom is 0.222 e. The van der Waals surface area contributed by atoms with Gasteiger partial charge in [-0.2, -0.15) is 0 Å². The van der Waals surface area contributed by atoms with Crippen LogP contribution in [-0.4, -0.2) is 96.6 Å². The molecule has 0 aromatic carbocycles. The zero-order valence-electron chi connectivity index (χ0n) is 18.6. The first-order valence-corrected chi connectivity index (χ1v) is 11.8. The van der Waals surface area contributed by atoms with Gasteiger partial charge in [0.25, 0.3) is 0 Å². The molecule has 2 N–H and O–H groups in total. The Kier molecular flexibility index (Phi) is 11.5. The van der Waals surface area contributed by atoms with E-state index in [1.54, 1.807) is 16.2 Å². The summed E-state index contributed by atoms with van der Waals surface area (Å²) < 4.78 is 10.8. The average Bonchev–Trinajstić information content (AvgIpc) is 3.27. The Morgan fingerprint density at radius 3 is 2.61 bits per heavy atom. The van der Waals surface area contributed by atoms with Gasteiger partial charge in [-0.15, -0.1) is 11.3 Å².